The first-order chi connectivity index (χ1) is 13.1. The largest absolute Gasteiger partial charge is 0.496 e. The summed E-state index contributed by atoms with van der Waals surface area (Å²) < 4.78 is 5.65. The smallest absolute Gasteiger partial charge is 0.122 e. The second-order valence-corrected chi connectivity index (χ2v) is 8.33. The van der Waals surface area contributed by atoms with Crippen LogP contribution in [0, 0.1) is 13.8 Å². The molecule has 1 saturated heterocycles. The fourth-order valence-electron chi connectivity index (χ4n) is 5.24. The van der Waals surface area contributed by atoms with E-state index in [0.29, 0.717) is 0 Å². The lowest BCUT2D eigenvalue weighted by molar-refractivity contribution is 0.00130. The highest BCUT2D eigenvalue weighted by molar-refractivity contribution is 6.11. The lowest BCUT2D eigenvalue weighted by Gasteiger charge is -2.43. The van der Waals surface area contributed by atoms with Crippen LogP contribution < -0.4 is 4.74 Å². The maximum atomic E-state index is 10.6. The van der Waals surface area contributed by atoms with Gasteiger partial charge in [0.25, 0.3) is 0 Å². The Morgan fingerprint density at radius 1 is 1.00 bits per heavy atom. The van der Waals surface area contributed by atoms with Crippen molar-refractivity contribution < 1.29 is 9.84 Å². The molecule has 0 bridgehead atoms. The number of rotatable bonds is 1. The molecular formula is C24H27NO2. The van der Waals surface area contributed by atoms with Crippen LogP contribution >= 0.6 is 0 Å². The quantitative estimate of drug-likeness (QED) is 0.648. The van der Waals surface area contributed by atoms with E-state index in [-0.39, 0.29) is 12.1 Å². The first kappa shape index (κ1) is 17.0. The van der Waals surface area contributed by atoms with Gasteiger partial charge in [-0.25, -0.2) is 0 Å². The molecule has 27 heavy (non-hydrogen) atoms. The molecular weight excluding hydrogens is 334 g/mol. The van der Waals surface area contributed by atoms with E-state index in [1.807, 2.05) is 0 Å². The van der Waals surface area contributed by atoms with Gasteiger partial charge in [0, 0.05) is 12.6 Å². The predicted molar refractivity (Wildman–Crippen MR) is 111 cm³/mol. The van der Waals surface area contributed by atoms with Crippen molar-refractivity contribution in [3.05, 3.63) is 52.6 Å². The van der Waals surface area contributed by atoms with Crippen LogP contribution in [0.15, 0.2) is 30.3 Å². The number of hydrogen-bond donors (Lipinski definition) is 1. The molecule has 2 aliphatic rings. The molecule has 1 N–H and O–H groups in total. The minimum absolute atomic E-state index is 0.219. The van der Waals surface area contributed by atoms with Crippen molar-refractivity contribution in [2.24, 2.45) is 0 Å². The maximum absolute atomic E-state index is 10.6. The van der Waals surface area contributed by atoms with E-state index in [4.69, 9.17) is 4.74 Å². The molecule has 3 aromatic rings. The topological polar surface area (TPSA) is 32.7 Å². The fraction of sp³-hybridized carbons (Fsp3) is 0.417. The molecule has 3 nitrogen and oxygen atoms in total. The van der Waals surface area contributed by atoms with Crippen molar-refractivity contribution in [1.82, 2.24) is 4.90 Å². The van der Waals surface area contributed by atoms with E-state index in [9.17, 15) is 5.11 Å². The molecule has 0 aromatic heterocycles. The third kappa shape index (κ3) is 2.56. The number of benzene rings is 3. The summed E-state index contributed by atoms with van der Waals surface area (Å²) in [4.78, 5) is 2.49. The van der Waals surface area contributed by atoms with Gasteiger partial charge in [0.1, 0.15) is 5.75 Å². The third-order valence-corrected chi connectivity index (χ3v) is 6.65. The van der Waals surface area contributed by atoms with Gasteiger partial charge in [0.15, 0.2) is 0 Å². The monoisotopic (exact) mass is 361 g/mol. The minimum atomic E-state index is -0.219. The molecule has 5 rings (SSSR count). The zero-order valence-electron chi connectivity index (χ0n) is 16.4. The van der Waals surface area contributed by atoms with Gasteiger partial charge in [-0.3, -0.25) is 4.90 Å². The van der Waals surface area contributed by atoms with Gasteiger partial charge in [-0.05, 0) is 90.0 Å². The van der Waals surface area contributed by atoms with Crippen LogP contribution in [0.5, 0.6) is 5.75 Å². The van der Waals surface area contributed by atoms with E-state index >= 15 is 0 Å². The summed E-state index contributed by atoms with van der Waals surface area (Å²) in [6, 6.07) is 11.6. The molecule has 3 aromatic carbocycles. The number of nitrogens with zero attached hydrogens (tertiary/aromatic N) is 1. The molecule has 0 saturated carbocycles. The summed E-state index contributed by atoms with van der Waals surface area (Å²) in [5.74, 6) is 0.948. The SMILES string of the molecule is COc1cc2c3c(c4ccc(C)cc4c2cc1C)CN1CCC[C@@H](O)[C@@H]1C3. The second kappa shape index (κ2) is 6.22. The summed E-state index contributed by atoms with van der Waals surface area (Å²) in [5.41, 5.74) is 5.30. The Hall–Kier alpha value is -2.10. The van der Waals surface area contributed by atoms with Gasteiger partial charge in [0.05, 0.1) is 13.2 Å². The zero-order valence-corrected chi connectivity index (χ0v) is 16.4. The highest BCUT2D eigenvalue weighted by Gasteiger charge is 2.35. The average Bonchev–Trinajstić information content (AvgIpc) is 2.67. The van der Waals surface area contributed by atoms with Gasteiger partial charge >= 0.3 is 0 Å². The second-order valence-electron chi connectivity index (χ2n) is 8.33. The van der Waals surface area contributed by atoms with Gasteiger partial charge in [-0.2, -0.15) is 0 Å². The Bertz CT molecular complexity index is 1060. The van der Waals surface area contributed by atoms with Crippen molar-refractivity contribution in [1.29, 1.82) is 0 Å². The number of methoxy groups -OCH3 is 1. The average molecular weight is 361 g/mol. The molecule has 0 spiro atoms. The normalized spacial score (nSPS) is 22.7. The van der Waals surface area contributed by atoms with Crippen molar-refractivity contribution in [2.75, 3.05) is 13.7 Å². The van der Waals surface area contributed by atoms with Crippen LogP contribution in [-0.2, 0) is 13.0 Å². The fourth-order valence-corrected chi connectivity index (χ4v) is 5.24. The molecule has 0 aliphatic carbocycles. The Kier molecular flexibility index (Phi) is 3.92. The third-order valence-electron chi connectivity index (χ3n) is 6.65. The number of piperidine rings is 1. The lowest BCUT2D eigenvalue weighted by Crippen LogP contribution is -2.51. The molecule has 2 aliphatic heterocycles. The summed E-state index contributed by atoms with van der Waals surface area (Å²) in [6.07, 6.45) is 2.71. The van der Waals surface area contributed by atoms with Crippen LogP contribution in [0.4, 0.5) is 0 Å². The molecule has 0 unspecified atom stereocenters. The summed E-state index contributed by atoms with van der Waals surface area (Å²) in [6.45, 7) is 6.30. The van der Waals surface area contributed by atoms with Gasteiger partial charge in [-0.1, -0.05) is 23.8 Å². The summed E-state index contributed by atoms with van der Waals surface area (Å²) in [5, 5.41) is 15.9. The Labute approximate surface area is 160 Å². The molecule has 3 heteroatoms. The van der Waals surface area contributed by atoms with E-state index in [2.05, 4.69) is 49.1 Å². The summed E-state index contributed by atoms with van der Waals surface area (Å²) >= 11 is 0. The number of aliphatic hydroxyl groups excluding tert-OH is 1. The lowest BCUT2D eigenvalue weighted by atomic mass is 9.81. The predicted octanol–water partition coefficient (Wildman–Crippen LogP) is 4.50. The van der Waals surface area contributed by atoms with Crippen molar-refractivity contribution in [3.8, 4) is 5.75 Å². The first-order valence-corrected chi connectivity index (χ1v) is 10.0. The van der Waals surface area contributed by atoms with Crippen LogP contribution in [0.1, 0.15) is 35.1 Å². The molecule has 2 atom stereocenters. The van der Waals surface area contributed by atoms with Crippen molar-refractivity contribution >= 4 is 21.5 Å². The molecule has 0 amide bonds. The highest BCUT2D eigenvalue weighted by atomic mass is 16.5. The van der Waals surface area contributed by atoms with Crippen LogP contribution in [0.25, 0.3) is 21.5 Å². The van der Waals surface area contributed by atoms with E-state index in [0.717, 1.165) is 38.1 Å². The number of aryl methyl sites for hydroxylation is 2. The first-order valence-electron chi connectivity index (χ1n) is 10.0. The van der Waals surface area contributed by atoms with Gasteiger partial charge in [-0.15, -0.1) is 0 Å². The van der Waals surface area contributed by atoms with E-state index in [1.165, 1.54) is 43.8 Å². The van der Waals surface area contributed by atoms with Crippen molar-refractivity contribution in [3.63, 3.8) is 0 Å². The number of fused-ring (bicyclic) bond motifs is 7. The van der Waals surface area contributed by atoms with Crippen LogP contribution in [0.3, 0.4) is 0 Å². The van der Waals surface area contributed by atoms with Crippen LogP contribution in [0.2, 0.25) is 0 Å². The molecule has 140 valence electrons. The number of aliphatic hydroxyl groups is 1. The summed E-state index contributed by atoms with van der Waals surface area (Å²) in [7, 11) is 1.75. The Balaban J connectivity index is 1.85. The Morgan fingerprint density at radius 2 is 1.81 bits per heavy atom. The molecule has 1 fully saturated rings. The van der Waals surface area contributed by atoms with Crippen molar-refractivity contribution in [2.45, 2.75) is 51.8 Å². The maximum Gasteiger partial charge on any atom is 0.122 e. The Morgan fingerprint density at radius 3 is 2.63 bits per heavy atom. The minimum Gasteiger partial charge on any atom is -0.496 e. The number of ether oxygens (including phenoxy) is 1. The standard InChI is InChI=1S/C24H27NO2/c1-14-6-7-16-17(9-14)18-10-15(2)24(27-3)12-20(18)19-11-22-23(26)5-4-8-25(22)13-21(16)19/h6-7,9-10,12,22-23,26H,4-5,8,11,13H2,1-3H3/t22-,23+/m0/s1. The molecule has 0 radical (unpaired) electrons. The van der Waals surface area contributed by atoms with Gasteiger partial charge in [0.2, 0.25) is 0 Å². The van der Waals surface area contributed by atoms with E-state index in [1.54, 1.807) is 7.11 Å². The number of hydrogen-bond acceptors (Lipinski definition) is 3. The highest BCUT2D eigenvalue weighted by Crippen LogP contribution is 2.41. The van der Waals surface area contributed by atoms with Crippen LogP contribution in [-0.4, -0.2) is 35.8 Å². The molecule has 2 heterocycles. The van der Waals surface area contributed by atoms with E-state index < -0.39 is 0 Å². The zero-order chi connectivity index (χ0) is 18.7. The van der Waals surface area contributed by atoms with Gasteiger partial charge < -0.3 is 9.84 Å².